The van der Waals surface area contributed by atoms with Gasteiger partial charge in [-0.1, -0.05) is 21.8 Å². The molecule has 1 amide bonds. The third-order valence-corrected chi connectivity index (χ3v) is 3.32. The molecular weight excluding hydrogens is 294 g/mol. The first-order valence-corrected chi connectivity index (χ1v) is 6.67. The van der Waals surface area contributed by atoms with Crippen molar-refractivity contribution in [3.63, 3.8) is 0 Å². The second-order valence-electron chi connectivity index (χ2n) is 4.02. The maximum absolute atomic E-state index is 12.1. The summed E-state index contributed by atoms with van der Waals surface area (Å²) < 4.78 is 9.10. The van der Waals surface area contributed by atoms with Gasteiger partial charge in [-0.2, -0.15) is 0 Å². The van der Waals surface area contributed by atoms with Gasteiger partial charge >= 0.3 is 0 Å². The minimum Gasteiger partial charge on any atom is -0.483 e. The Labute approximate surface area is 124 Å². The van der Waals surface area contributed by atoms with Gasteiger partial charge in [0.25, 0.3) is 5.91 Å². The van der Waals surface area contributed by atoms with E-state index in [9.17, 15) is 4.79 Å². The van der Waals surface area contributed by atoms with Crippen molar-refractivity contribution in [3.8, 4) is 5.75 Å². The van der Waals surface area contributed by atoms with Crippen LogP contribution in [0.2, 0.25) is 0 Å². The van der Waals surface area contributed by atoms with Crippen molar-refractivity contribution >= 4 is 29.0 Å². The summed E-state index contributed by atoms with van der Waals surface area (Å²) in [7, 11) is 0. The number of ether oxygens (including phenoxy) is 1. The molecule has 0 saturated heterocycles. The van der Waals surface area contributed by atoms with E-state index in [1.54, 1.807) is 31.2 Å². The number of oxime groups is 1. The second kappa shape index (κ2) is 6.66. The average molecular weight is 307 g/mol. The Kier molecular flexibility index (Phi) is 4.67. The molecule has 1 heterocycles. The lowest BCUT2D eigenvalue weighted by Crippen LogP contribution is -2.21. The number of benzene rings is 1. The average Bonchev–Trinajstić information content (AvgIpc) is 2.92. The molecule has 0 radical (unpaired) electrons. The number of aromatic nitrogens is 2. The minimum atomic E-state index is -0.317. The van der Waals surface area contributed by atoms with Gasteiger partial charge in [0.2, 0.25) is 0 Å². The number of nitrogens with two attached hydrogens (primary N) is 1. The maximum atomic E-state index is 12.1. The highest BCUT2D eigenvalue weighted by molar-refractivity contribution is 7.08. The van der Waals surface area contributed by atoms with Crippen LogP contribution in [0.1, 0.15) is 15.4 Å². The molecule has 0 fully saturated rings. The fourth-order valence-electron chi connectivity index (χ4n) is 1.50. The Bertz CT molecular complexity index is 670. The van der Waals surface area contributed by atoms with E-state index in [0.717, 1.165) is 11.5 Å². The molecule has 9 heteroatoms. The quantitative estimate of drug-likeness (QED) is 0.330. The van der Waals surface area contributed by atoms with Crippen LogP contribution in [0.4, 0.5) is 5.69 Å². The highest BCUT2D eigenvalue weighted by Gasteiger charge is 2.15. The van der Waals surface area contributed by atoms with E-state index < -0.39 is 0 Å². The smallest absolute Gasteiger partial charge is 0.269 e. The first-order valence-electron chi connectivity index (χ1n) is 5.90. The van der Waals surface area contributed by atoms with Gasteiger partial charge in [-0.25, -0.2) is 0 Å². The largest absolute Gasteiger partial charge is 0.483 e. The fraction of sp³-hybridized carbons (Fsp3) is 0.167. The van der Waals surface area contributed by atoms with Crippen molar-refractivity contribution in [2.45, 2.75) is 6.92 Å². The van der Waals surface area contributed by atoms with E-state index in [0.29, 0.717) is 22.0 Å². The maximum Gasteiger partial charge on any atom is 0.269 e. The van der Waals surface area contributed by atoms with Crippen LogP contribution in [-0.4, -0.2) is 33.1 Å². The summed E-state index contributed by atoms with van der Waals surface area (Å²) in [6.45, 7) is 1.61. The van der Waals surface area contributed by atoms with E-state index in [1.165, 1.54) is 0 Å². The molecule has 0 atom stereocenters. The van der Waals surface area contributed by atoms with Crippen molar-refractivity contribution < 1.29 is 14.7 Å². The number of aryl methyl sites for hydroxylation is 1. The molecule has 2 rings (SSSR count). The third kappa shape index (κ3) is 3.66. The Morgan fingerprint density at radius 2 is 2.29 bits per heavy atom. The van der Waals surface area contributed by atoms with Crippen molar-refractivity contribution in [2.75, 3.05) is 11.9 Å². The number of anilines is 1. The zero-order valence-electron chi connectivity index (χ0n) is 11.1. The number of hydrogen-bond donors (Lipinski definition) is 3. The lowest BCUT2D eigenvalue weighted by Gasteiger charge is -2.11. The molecule has 0 bridgehead atoms. The predicted molar refractivity (Wildman–Crippen MR) is 77.9 cm³/mol. The standard InChI is InChI=1S/C12H13N5O3S/c1-7-11(21-17-15-7)12(18)14-8-4-2-3-5-9(8)20-6-10(13)16-19/h2-5,19H,6H2,1H3,(H2,13,16)(H,14,18). The van der Waals surface area contributed by atoms with Gasteiger partial charge in [0.1, 0.15) is 17.2 Å². The molecule has 0 aliphatic heterocycles. The van der Waals surface area contributed by atoms with Crippen LogP contribution in [0.3, 0.4) is 0 Å². The van der Waals surface area contributed by atoms with Crippen LogP contribution >= 0.6 is 11.5 Å². The van der Waals surface area contributed by atoms with Crippen molar-refractivity contribution in [2.24, 2.45) is 10.9 Å². The van der Waals surface area contributed by atoms with Crippen LogP contribution in [0, 0.1) is 6.92 Å². The molecule has 0 aliphatic carbocycles. The topological polar surface area (TPSA) is 123 Å². The van der Waals surface area contributed by atoms with Gasteiger partial charge < -0.3 is 21.0 Å². The van der Waals surface area contributed by atoms with Crippen molar-refractivity contribution in [3.05, 3.63) is 34.8 Å². The number of nitrogens with one attached hydrogen (secondary N) is 1. The molecule has 0 unspecified atom stereocenters. The van der Waals surface area contributed by atoms with Gasteiger partial charge in [-0.3, -0.25) is 4.79 Å². The van der Waals surface area contributed by atoms with Gasteiger partial charge in [0.05, 0.1) is 11.4 Å². The summed E-state index contributed by atoms with van der Waals surface area (Å²) >= 11 is 1.02. The Morgan fingerprint density at radius 1 is 1.52 bits per heavy atom. The van der Waals surface area contributed by atoms with Crippen LogP contribution < -0.4 is 15.8 Å². The van der Waals surface area contributed by atoms with Crippen LogP contribution in [-0.2, 0) is 0 Å². The number of amidine groups is 1. The first-order chi connectivity index (χ1) is 10.1. The summed E-state index contributed by atoms with van der Waals surface area (Å²) in [5.41, 5.74) is 6.38. The van der Waals surface area contributed by atoms with Crippen molar-refractivity contribution in [1.82, 2.24) is 9.59 Å². The SMILES string of the molecule is Cc1nnsc1C(=O)Nc1ccccc1OCC(N)=NO. The summed E-state index contributed by atoms with van der Waals surface area (Å²) in [5.74, 6) is 0.0218. The zero-order valence-corrected chi connectivity index (χ0v) is 11.9. The van der Waals surface area contributed by atoms with E-state index in [1.807, 2.05) is 0 Å². The molecule has 0 spiro atoms. The number of nitrogens with zero attached hydrogens (tertiary/aromatic N) is 3. The minimum absolute atomic E-state index is 0.0707. The molecule has 8 nitrogen and oxygen atoms in total. The molecular formula is C12H13N5O3S. The summed E-state index contributed by atoms with van der Waals surface area (Å²) in [6, 6.07) is 6.85. The molecule has 21 heavy (non-hydrogen) atoms. The predicted octanol–water partition coefficient (Wildman–Crippen LogP) is 1.22. The van der Waals surface area contributed by atoms with E-state index in [-0.39, 0.29) is 18.3 Å². The molecule has 110 valence electrons. The number of carbonyl (C=O) groups is 1. The summed E-state index contributed by atoms with van der Waals surface area (Å²) in [5, 5.41) is 17.8. The molecule has 1 aromatic carbocycles. The Morgan fingerprint density at radius 3 is 2.95 bits per heavy atom. The molecule has 1 aromatic heterocycles. The van der Waals surface area contributed by atoms with E-state index in [2.05, 4.69) is 20.1 Å². The van der Waals surface area contributed by atoms with Gasteiger partial charge in [-0.15, -0.1) is 5.10 Å². The fourth-order valence-corrected chi connectivity index (χ4v) is 2.05. The number of para-hydroxylation sites is 2. The molecule has 0 aliphatic rings. The molecule has 2 aromatic rings. The number of hydrogen-bond acceptors (Lipinski definition) is 7. The van der Waals surface area contributed by atoms with Gasteiger partial charge in [0.15, 0.2) is 5.84 Å². The van der Waals surface area contributed by atoms with Gasteiger partial charge in [0, 0.05) is 0 Å². The lowest BCUT2D eigenvalue weighted by atomic mass is 10.2. The van der Waals surface area contributed by atoms with Gasteiger partial charge in [-0.05, 0) is 30.6 Å². The highest BCUT2D eigenvalue weighted by atomic mass is 32.1. The monoisotopic (exact) mass is 307 g/mol. The zero-order chi connectivity index (χ0) is 15.2. The number of carbonyl (C=O) groups excluding carboxylic acids is 1. The normalized spacial score (nSPS) is 11.2. The second-order valence-corrected chi connectivity index (χ2v) is 4.77. The third-order valence-electron chi connectivity index (χ3n) is 2.50. The number of rotatable bonds is 5. The van der Waals surface area contributed by atoms with Crippen molar-refractivity contribution in [1.29, 1.82) is 0 Å². The Balaban J connectivity index is 2.13. The highest BCUT2D eigenvalue weighted by Crippen LogP contribution is 2.25. The number of amides is 1. The van der Waals surface area contributed by atoms with Crippen LogP contribution in [0.15, 0.2) is 29.4 Å². The molecule has 0 saturated carbocycles. The van der Waals surface area contributed by atoms with Crippen LogP contribution in [0.25, 0.3) is 0 Å². The lowest BCUT2D eigenvalue weighted by molar-refractivity contribution is 0.102. The van der Waals surface area contributed by atoms with E-state index >= 15 is 0 Å². The van der Waals surface area contributed by atoms with E-state index in [4.69, 9.17) is 15.7 Å². The summed E-state index contributed by atoms with van der Waals surface area (Å²) in [4.78, 5) is 12.5. The summed E-state index contributed by atoms with van der Waals surface area (Å²) in [6.07, 6.45) is 0. The first kappa shape index (κ1) is 14.7. The Hall–Kier alpha value is -2.68. The van der Waals surface area contributed by atoms with Crippen LogP contribution in [0.5, 0.6) is 5.75 Å². The molecule has 4 N–H and O–H groups in total.